The minimum atomic E-state index is 0.415. The third-order valence-corrected chi connectivity index (χ3v) is 3.41. The highest BCUT2D eigenvalue weighted by molar-refractivity contribution is 5.75. The van der Waals surface area contributed by atoms with Gasteiger partial charge in [-0.05, 0) is 40.8 Å². The average molecular weight is 281 g/mol. The Labute approximate surface area is 129 Å². The van der Waals surface area contributed by atoms with Crippen LogP contribution in [0.1, 0.15) is 33.3 Å². The summed E-state index contributed by atoms with van der Waals surface area (Å²) in [5, 5.41) is 3.31. The summed E-state index contributed by atoms with van der Waals surface area (Å²) < 4.78 is 0. The Morgan fingerprint density at radius 2 is 1.62 bits per heavy atom. The Morgan fingerprint density at radius 3 is 2.05 bits per heavy atom. The third kappa shape index (κ3) is 4.78. The minimum absolute atomic E-state index is 0.415. The lowest BCUT2D eigenvalue weighted by Gasteiger charge is -2.20. The van der Waals surface area contributed by atoms with E-state index in [0.29, 0.717) is 11.8 Å². The molecule has 0 fully saturated rings. The van der Waals surface area contributed by atoms with Crippen molar-refractivity contribution in [1.29, 1.82) is 0 Å². The smallest absolute Gasteiger partial charge is 0.0207 e. The maximum atomic E-state index is 3.97. The molecule has 0 aliphatic heterocycles. The van der Waals surface area contributed by atoms with Gasteiger partial charge in [0.2, 0.25) is 0 Å². The van der Waals surface area contributed by atoms with Crippen LogP contribution in [0.2, 0.25) is 0 Å². The van der Waals surface area contributed by atoms with Crippen molar-refractivity contribution in [1.82, 2.24) is 5.32 Å². The number of rotatable bonds is 7. The van der Waals surface area contributed by atoms with E-state index in [0.717, 1.165) is 5.57 Å². The molecule has 0 saturated heterocycles. The maximum absolute atomic E-state index is 3.97. The molecule has 1 rings (SSSR count). The van der Waals surface area contributed by atoms with E-state index in [1.54, 1.807) is 6.20 Å². The molecule has 0 atom stereocenters. The number of hydrogen-bond acceptors (Lipinski definition) is 1. The quantitative estimate of drug-likeness (QED) is 0.646. The first kappa shape index (κ1) is 17.0. The summed E-state index contributed by atoms with van der Waals surface area (Å²) in [4.78, 5) is 0. The number of hydrogen-bond donors (Lipinski definition) is 1. The van der Waals surface area contributed by atoms with Crippen LogP contribution in [0, 0.1) is 11.8 Å². The van der Waals surface area contributed by atoms with Crippen molar-refractivity contribution in [3.05, 3.63) is 78.7 Å². The van der Waals surface area contributed by atoms with E-state index in [-0.39, 0.29) is 0 Å². The standard InChI is InChI=1S/C20H27N/c1-7-17(18-12-10-9-11-13-18)14-19(15(3)4)20(16(5)6)21-8-2/h7-16,21H,1-2H2,3-6H3/b17-14+,20-19-. The van der Waals surface area contributed by atoms with Crippen molar-refractivity contribution in [3.63, 3.8) is 0 Å². The van der Waals surface area contributed by atoms with Gasteiger partial charge in [0, 0.05) is 5.70 Å². The molecule has 0 aromatic heterocycles. The minimum Gasteiger partial charge on any atom is -0.365 e. The summed E-state index contributed by atoms with van der Waals surface area (Å²) in [5.74, 6) is 0.840. The van der Waals surface area contributed by atoms with Crippen molar-refractivity contribution < 1.29 is 0 Å². The summed E-state index contributed by atoms with van der Waals surface area (Å²) in [5.41, 5.74) is 4.84. The first-order valence-electron chi connectivity index (χ1n) is 7.52. The van der Waals surface area contributed by atoms with E-state index >= 15 is 0 Å². The van der Waals surface area contributed by atoms with E-state index < -0.39 is 0 Å². The van der Waals surface area contributed by atoms with E-state index in [1.807, 2.05) is 12.1 Å². The topological polar surface area (TPSA) is 12.0 Å². The summed E-state index contributed by atoms with van der Waals surface area (Å²) in [7, 11) is 0. The second-order valence-corrected chi connectivity index (χ2v) is 5.70. The molecule has 0 spiro atoms. The van der Waals surface area contributed by atoms with Gasteiger partial charge in [0.15, 0.2) is 0 Å². The first-order valence-corrected chi connectivity index (χ1v) is 7.52. The molecule has 1 heteroatoms. The highest BCUT2D eigenvalue weighted by Gasteiger charge is 2.12. The molecule has 0 unspecified atom stereocenters. The normalized spacial score (nSPS) is 13.1. The SMILES string of the molecule is C=CN/C(=C(/C=C(\C=C)c1ccccc1)C(C)C)C(C)C. The summed E-state index contributed by atoms with van der Waals surface area (Å²) in [6.45, 7) is 16.6. The molecule has 0 radical (unpaired) electrons. The van der Waals surface area contributed by atoms with Crippen molar-refractivity contribution in [2.45, 2.75) is 27.7 Å². The van der Waals surface area contributed by atoms with Crippen LogP contribution in [-0.2, 0) is 0 Å². The largest absolute Gasteiger partial charge is 0.365 e. The van der Waals surface area contributed by atoms with Crippen LogP contribution in [0.5, 0.6) is 0 Å². The second kappa shape index (κ2) is 8.31. The molecular formula is C20H27N. The van der Waals surface area contributed by atoms with Crippen LogP contribution in [0.3, 0.4) is 0 Å². The Kier molecular flexibility index (Phi) is 6.74. The highest BCUT2D eigenvalue weighted by atomic mass is 14.9. The molecule has 0 aliphatic carbocycles. The Hall–Kier alpha value is -2.02. The summed E-state index contributed by atoms with van der Waals surface area (Å²) in [6.07, 6.45) is 5.91. The van der Waals surface area contributed by atoms with Crippen LogP contribution in [0.15, 0.2) is 73.1 Å². The zero-order valence-electron chi connectivity index (χ0n) is 13.7. The monoisotopic (exact) mass is 281 g/mol. The number of nitrogens with one attached hydrogen (secondary N) is 1. The molecule has 0 heterocycles. The van der Waals surface area contributed by atoms with Gasteiger partial charge in [-0.25, -0.2) is 0 Å². The molecule has 1 aromatic rings. The van der Waals surface area contributed by atoms with Gasteiger partial charge in [-0.3, -0.25) is 0 Å². The van der Waals surface area contributed by atoms with Crippen LogP contribution < -0.4 is 5.32 Å². The molecule has 1 aromatic carbocycles. The lowest BCUT2D eigenvalue weighted by molar-refractivity contribution is 0.666. The average Bonchev–Trinajstić information content (AvgIpc) is 2.47. The summed E-state index contributed by atoms with van der Waals surface area (Å²) >= 11 is 0. The van der Waals surface area contributed by atoms with Crippen molar-refractivity contribution in [2.75, 3.05) is 0 Å². The molecule has 0 amide bonds. The van der Waals surface area contributed by atoms with Gasteiger partial charge >= 0.3 is 0 Å². The fraction of sp³-hybridized carbons (Fsp3) is 0.300. The molecule has 0 bridgehead atoms. The van der Waals surface area contributed by atoms with Crippen molar-refractivity contribution >= 4 is 5.57 Å². The Morgan fingerprint density at radius 1 is 1.00 bits per heavy atom. The van der Waals surface area contributed by atoms with Crippen LogP contribution >= 0.6 is 0 Å². The van der Waals surface area contributed by atoms with Gasteiger partial charge in [-0.15, -0.1) is 0 Å². The molecule has 0 aliphatic rings. The zero-order valence-corrected chi connectivity index (χ0v) is 13.7. The van der Waals surface area contributed by atoms with Gasteiger partial charge in [-0.1, -0.05) is 77.3 Å². The molecule has 1 nitrogen and oxygen atoms in total. The number of benzene rings is 1. The van der Waals surface area contributed by atoms with Crippen molar-refractivity contribution in [2.24, 2.45) is 11.8 Å². The lowest BCUT2D eigenvalue weighted by atomic mass is 9.92. The molecular weight excluding hydrogens is 254 g/mol. The fourth-order valence-corrected chi connectivity index (χ4v) is 2.31. The summed E-state index contributed by atoms with van der Waals surface area (Å²) in [6, 6.07) is 10.4. The number of allylic oxidation sites excluding steroid dienone is 5. The van der Waals surface area contributed by atoms with E-state index in [9.17, 15) is 0 Å². The molecule has 1 N–H and O–H groups in total. The van der Waals surface area contributed by atoms with Gasteiger partial charge in [-0.2, -0.15) is 0 Å². The van der Waals surface area contributed by atoms with Gasteiger partial charge in [0.05, 0.1) is 0 Å². The van der Waals surface area contributed by atoms with E-state index in [1.165, 1.54) is 16.8 Å². The second-order valence-electron chi connectivity index (χ2n) is 5.70. The zero-order chi connectivity index (χ0) is 15.8. The third-order valence-electron chi connectivity index (χ3n) is 3.41. The lowest BCUT2D eigenvalue weighted by Crippen LogP contribution is -2.15. The van der Waals surface area contributed by atoms with Crippen LogP contribution in [0.25, 0.3) is 5.57 Å². The molecule has 112 valence electrons. The van der Waals surface area contributed by atoms with Crippen LogP contribution in [0.4, 0.5) is 0 Å². The highest BCUT2D eigenvalue weighted by Crippen LogP contribution is 2.25. The Balaban J connectivity index is 3.39. The van der Waals surface area contributed by atoms with Crippen LogP contribution in [-0.4, -0.2) is 0 Å². The Bertz CT molecular complexity index is 530. The van der Waals surface area contributed by atoms with Crippen molar-refractivity contribution in [3.8, 4) is 0 Å². The molecule has 0 saturated carbocycles. The maximum Gasteiger partial charge on any atom is 0.0207 e. The fourth-order valence-electron chi connectivity index (χ4n) is 2.31. The predicted molar refractivity (Wildman–Crippen MR) is 94.7 cm³/mol. The van der Waals surface area contributed by atoms with Gasteiger partial charge in [0.1, 0.15) is 0 Å². The van der Waals surface area contributed by atoms with Gasteiger partial charge in [0.25, 0.3) is 0 Å². The predicted octanol–water partition coefficient (Wildman–Crippen LogP) is 5.56. The van der Waals surface area contributed by atoms with E-state index in [4.69, 9.17) is 0 Å². The molecule has 21 heavy (non-hydrogen) atoms. The van der Waals surface area contributed by atoms with Gasteiger partial charge < -0.3 is 5.32 Å². The van der Waals surface area contributed by atoms with E-state index in [2.05, 4.69) is 76.5 Å². The first-order chi connectivity index (χ1) is 10.0.